The van der Waals surface area contributed by atoms with Gasteiger partial charge in [0.1, 0.15) is 22.0 Å². The van der Waals surface area contributed by atoms with Crippen LogP contribution in [0.5, 0.6) is 5.75 Å². The molecule has 0 saturated heterocycles. The van der Waals surface area contributed by atoms with Crippen LogP contribution in [0.2, 0.25) is 0 Å². The second kappa shape index (κ2) is 19.8. The number of rotatable bonds is 18. The predicted octanol–water partition coefficient (Wildman–Crippen LogP) is 6.46. The van der Waals surface area contributed by atoms with Crippen molar-refractivity contribution in [1.29, 1.82) is 0 Å². The molecule has 0 bridgehead atoms. The van der Waals surface area contributed by atoms with Gasteiger partial charge in [-0.25, -0.2) is 8.42 Å². The van der Waals surface area contributed by atoms with Gasteiger partial charge in [0.2, 0.25) is 0 Å². The number of hydrogen-bond donors (Lipinski definition) is 2. The van der Waals surface area contributed by atoms with Gasteiger partial charge in [-0.3, -0.25) is 0 Å². The Hall–Kier alpha value is -2.14. The normalized spacial score (nSPS) is 12.7. The first-order chi connectivity index (χ1) is 22.2. The molecule has 0 amide bonds. The molecule has 47 heavy (non-hydrogen) atoms. The van der Waals surface area contributed by atoms with Gasteiger partial charge in [0.15, 0.2) is 0 Å². The van der Waals surface area contributed by atoms with Crippen molar-refractivity contribution in [1.82, 2.24) is 0 Å². The first kappa shape index (κ1) is 39.3. The van der Waals surface area contributed by atoms with Gasteiger partial charge in [-0.05, 0) is 77.1 Å². The molecular formula is C38H45NaO6S2. The zero-order valence-electron chi connectivity index (χ0n) is 27.7. The van der Waals surface area contributed by atoms with Crippen LogP contribution in [0, 0.1) is 0 Å². The summed E-state index contributed by atoms with van der Waals surface area (Å²) in [6.07, 6.45) is 8.14. The monoisotopic (exact) mass is 684 g/mol. The smallest absolute Gasteiger partial charge is 0.744 e. The van der Waals surface area contributed by atoms with E-state index in [-0.39, 0.29) is 34.5 Å². The van der Waals surface area contributed by atoms with Crippen molar-refractivity contribution < 1.29 is 57.5 Å². The molecule has 0 aromatic heterocycles. The van der Waals surface area contributed by atoms with Gasteiger partial charge < -0.3 is 19.5 Å². The SMILES string of the molecule is CCCCCCCCC(O)c1ccc(C(O)c2ccccc2-c2ccc(Sc3ccc(OCCCC)cc3)c(S(=O)(=O)[O-])c2)cc1.[Na+]. The number of ether oxygens (including phenoxy) is 1. The summed E-state index contributed by atoms with van der Waals surface area (Å²) in [6.45, 7) is 4.93. The van der Waals surface area contributed by atoms with Gasteiger partial charge in [-0.15, -0.1) is 0 Å². The van der Waals surface area contributed by atoms with E-state index < -0.39 is 22.3 Å². The van der Waals surface area contributed by atoms with E-state index in [1.807, 2.05) is 60.7 Å². The molecule has 2 N–H and O–H groups in total. The third-order valence-corrected chi connectivity index (χ3v) is 10.2. The summed E-state index contributed by atoms with van der Waals surface area (Å²) < 4.78 is 43.0. The van der Waals surface area contributed by atoms with E-state index in [4.69, 9.17) is 4.74 Å². The van der Waals surface area contributed by atoms with Crippen LogP contribution < -0.4 is 34.3 Å². The summed E-state index contributed by atoms with van der Waals surface area (Å²) in [6, 6.07) is 26.7. The maximum atomic E-state index is 12.4. The van der Waals surface area contributed by atoms with Gasteiger partial charge in [0.25, 0.3) is 0 Å². The summed E-state index contributed by atoms with van der Waals surface area (Å²) in [5.74, 6) is 0.735. The number of benzene rings is 4. The van der Waals surface area contributed by atoms with Crippen molar-refractivity contribution in [2.24, 2.45) is 0 Å². The molecule has 4 aromatic carbocycles. The molecule has 2 atom stereocenters. The predicted molar refractivity (Wildman–Crippen MR) is 184 cm³/mol. The summed E-state index contributed by atoms with van der Waals surface area (Å²) in [5.41, 5.74) is 3.18. The van der Waals surface area contributed by atoms with Gasteiger partial charge in [-0.1, -0.05) is 125 Å². The van der Waals surface area contributed by atoms with E-state index in [1.54, 1.807) is 24.3 Å². The van der Waals surface area contributed by atoms with Crippen LogP contribution in [-0.2, 0) is 10.1 Å². The van der Waals surface area contributed by atoms with Crippen molar-refractivity contribution in [3.05, 3.63) is 108 Å². The van der Waals surface area contributed by atoms with E-state index in [1.165, 1.54) is 43.5 Å². The van der Waals surface area contributed by atoms with E-state index >= 15 is 0 Å². The summed E-state index contributed by atoms with van der Waals surface area (Å²) in [5, 5.41) is 22.1. The Morgan fingerprint density at radius 1 is 0.766 bits per heavy atom. The first-order valence-electron chi connectivity index (χ1n) is 16.3. The van der Waals surface area contributed by atoms with Crippen molar-refractivity contribution in [3.63, 3.8) is 0 Å². The van der Waals surface area contributed by atoms with E-state index in [0.29, 0.717) is 40.2 Å². The molecule has 0 fully saturated rings. The Morgan fingerprint density at radius 2 is 1.40 bits per heavy atom. The third-order valence-electron chi connectivity index (χ3n) is 8.07. The molecule has 9 heteroatoms. The van der Waals surface area contributed by atoms with Crippen LogP contribution in [0.4, 0.5) is 0 Å². The first-order valence-corrected chi connectivity index (χ1v) is 18.5. The minimum atomic E-state index is -4.80. The van der Waals surface area contributed by atoms with E-state index in [9.17, 15) is 23.2 Å². The Labute approximate surface area is 307 Å². The summed E-state index contributed by atoms with van der Waals surface area (Å²) in [4.78, 5) is 0.787. The Kier molecular flexibility index (Phi) is 16.5. The Balaban J connectivity index is 0.00000600. The van der Waals surface area contributed by atoms with E-state index in [0.717, 1.165) is 41.9 Å². The zero-order chi connectivity index (χ0) is 32.9. The largest absolute Gasteiger partial charge is 1.00 e. The van der Waals surface area contributed by atoms with Crippen LogP contribution in [0.15, 0.2) is 106 Å². The number of hydrogen-bond acceptors (Lipinski definition) is 7. The molecule has 0 aliphatic heterocycles. The molecule has 6 nitrogen and oxygen atoms in total. The van der Waals surface area contributed by atoms with Crippen LogP contribution >= 0.6 is 11.8 Å². The molecule has 0 spiro atoms. The Morgan fingerprint density at radius 3 is 2.09 bits per heavy atom. The topological polar surface area (TPSA) is 107 Å². The van der Waals surface area contributed by atoms with Crippen LogP contribution in [0.1, 0.15) is 101 Å². The van der Waals surface area contributed by atoms with Gasteiger partial charge in [0.05, 0.1) is 17.6 Å². The fourth-order valence-corrected chi connectivity index (χ4v) is 7.22. The molecule has 0 heterocycles. The molecule has 4 rings (SSSR count). The standard InChI is InChI=1S/C38H46O6S2.Na/c1-3-5-7-8-9-10-15-35(39)28-16-18-29(19-17-28)38(40)34-14-12-11-13-33(34)30-20-25-36(37(27-30)46(41,42)43)45-32-23-21-31(22-24-32)44-26-6-4-2;/h11-14,16-25,27,35,38-40H,3-10,15,26H2,1-2H3,(H,41,42,43);/q;+1/p-1. The van der Waals surface area contributed by atoms with Crippen molar-refractivity contribution in [2.45, 2.75) is 98.5 Å². The minimum Gasteiger partial charge on any atom is -0.744 e. The molecular weight excluding hydrogens is 640 g/mol. The quantitative estimate of drug-likeness (QED) is 0.0704. The zero-order valence-corrected chi connectivity index (χ0v) is 31.4. The van der Waals surface area contributed by atoms with E-state index in [2.05, 4.69) is 13.8 Å². The van der Waals surface area contributed by atoms with Crippen molar-refractivity contribution in [3.8, 4) is 16.9 Å². The number of aliphatic hydroxyl groups excluding tert-OH is 2. The Bertz CT molecular complexity index is 1630. The van der Waals surface area contributed by atoms with Crippen LogP contribution in [0.3, 0.4) is 0 Å². The van der Waals surface area contributed by atoms with Crippen LogP contribution in [-0.4, -0.2) is 29.8 Å². The molecule has 0 aliphatic carbocycles. The maximum absolute atomic E-state index is 12.4. The average molecular weight is 685 g/mol. The molecule has 0 saturated carbocycles. The average Bonchev–Trinajstić information content (AvgIpc) is 3.06. The molecule has 2 unspecified atom stereocenters. The summed E-state index contributed by atoms with van der Waals surface area (Å²) >= 11 is 1.20. The van der Waals surface area contributed by atoms with Crippen LogP contribution in [0.25, 0.3) is 11.1 Å². The number of aliphatic hydroxyl groups is 2. The number of unbranched alkanes of at least 4 members (excludes halogenated alkanes) is 6. The summed E-state index contributed by atoms with van der Waals surface area (Å²) in [7, 11) is -4.80. The fraction of sp³-hybridized carbons (Fsp3) is 0.368. The second-order valence-electron chi connectivity index (χ2n) is 11.6. The molecule has 0 aliphatic rings. The second-order valence-corrected chi connectivity index (χ2v) is 14.1. The van der Waals surface area contributed by atoms with Gasteiger partial charge in [-0.2, -0.15) is 0 Å². The van der Waals surface area contributed by atoms with Gasteiger partial charge in [0, 0.05) is 9.79 Å². The van der Waals surface area contributed by atoms with Gasteiger partial charge >= 0.3 is 29.6 Å². The molecule has 0 radical (unpaired) electrons. The third kappa shape index (κ3) is 11.8. The molecule has 246 valence electrons. The minimum absolute atomic E-state index is 0. The molecule has 4 aromatic rings. The fourth-order valence-electron chi connectivity index (χ4n) is 5.38. The van der Waals surface area contributed by atoms with Crippen molar-refractivity contribution >= 4 is 21.9 Å². The van der Waals surface area contributed by atoms with Crippen molar-refractivity contribution in [2.75, 3.05) is 6.61 Å². The maximum Gasteiger partial charge on any atom is 1.00 e.